The zero-order chi connectivity index (χ0) is 11.8. The van der Waals surface area contributed by atoms with Crippen molar-refractivity contribution < 1.29 is 4.79 Å². The molecule has 0 spiro atoms. The largest absolute Gasteiger partial charge is 0.356 e. The number of aryl methyl sites for hydroxylation is 2. The van der Waals surface area contributed by atoms with Crippen LogP contribution in [-0.2, 0) is 11.2 Å². The molecule has 0 aliphatic carbocycles. The van der Waals surface area contributed by atoms with Gasteiger partial charge in [0.2, 0.25) is 5.91 Å². The highest BCUT2D eigenvalue weighted by molar-refractivity contribution is 5.75. The van der Waals surface area contributed by atoms with Gasteiger partial charge in [-0.3, -0.25) is 9.89 Å². The van der Waals surface area contributed by atoms with Gasteiger partial charge in [-0.2, -0.15) is 5.10 Å². The Balaban J connectivity index is 2.08. The summed E-state index contributed by atoms with van der Waals surface area (Å²) in [4.78, 5) is 11.2. The van der Waals surface area contributed by atoms with Crippen molar-refractivity contribution in [3.8, 4) is 0 Å². The predicted octanol–water partition coefficient (Wildman–Crippen LogP) is 0.506. The lowest BCUT2D eigenvalue weighted by molar-refractivity contribution is -0.121. The number of H-pyrrole nitrogens is 1. The Morgan fingerprint density at radius 1 is 1.56 bits per heavy atom. The first-order valence-corrected chi connectivity index (χ1v) is 5.69. The Bertz CT molecular complexity index is 322. The molecule has 0 fully saturated rings. The van der Waals surface area contributed by atoms with Gasteiger partial charge in [-0.25, -0.2) is 0 Å². The summed E-state index contributed by atoms with van der Waals surface area (Å²) in [6.45, 7) is 3.29. The molecule has 1 heterocycles. The molecule has 1 aromatic heterocycles. The van der Waals surface area contributed by atoms with Crippen LogP contribution in [-0.4, -0.2) is 29.2 Å². The summed E-state index contributed by atoms with van der Waals surface area (Å²) in [5, 5.41) is 9.72. The number of carbonyl (C=O) groups excluding carboxylic acids is 1. The van der Waals surface area contributed by atoms with Crippen molar-refractivity contribution in [1.29, 1.82) is 0 Å². The normalized spacial score (nSPS) is 10.4. The number of aromatic amines is 1. The van der Waals surface area contributed by atoms with Gasteiger partial charge in [-0.05, 0) is 38.3 Å². The van der Waals surface area contributed by atoms with Gasteiger partial charge in [0.05, 0.1) is 6.20 Å². The molecule has 0 aliphatic rings. The first-order valence-electron chi connectivity index (χ1n) is 5.69. The fraction of sp³-hybridized carbons (Fsp3) is 0.636. The average molecular weight is 224 g/mol. The Morgan fingerprint density at radius 3 is 3.00 bits per heavy atom. The Morgan fingerprint density at radius 2 is 2.38 bits per heavy atom. The van der Waals surface area contributed by atoms with E-state index in [1.807, 2.05) is 13.1 Å². The molecule has 5 nitrogen and oxygen atoms in total. The molecular formula is C11H20N4O. The van der Waals surface area contributed by atoms with E-state index in [0.717, 1.165) is 25.0 Å². The average Bonchev–Trinajstić information content (AvgIpc) is 2.67. The zero-order valence-corrected chi connectivity index (χ0v) is 9.75. The fourth-order valence-corrected chi connectivity index (χ4v) is 1.49. The van der Waals surface area contributed by atoms with Gasteiger partial charge in [0.15, 0.2) is 0 Å². The minimum absolute atomic E-state index is 0.0920. The maximum Gasteiger partial charge on any atom is 0.220 e. The van der Waals surface area contributed by atoms with Crippen molar-refractivity contribution in [1.82, 2.24) is 15.5 Å². The number of amides is 1. The molecule has 1 rings (SSSR count). The highest BCUT2D eigenvalue weighted by Crippen LogP contribution is 2.04. The van der Waals surface area contributed by atoms with Crippen molar-refractivity contribution >= 4 is 5.91 Å². The lowest BCUT2D eigenvalue weighted by Gasteiger charge is -2.04. The minimum atomic E-state index is 0.0920. The van der Waals surface area contributed by atoms with E-state index in [1.54, 1.807) is 0 Å². The van der Waals surface area contributed by atoms with E-state index in [2.05, 4.69) is 15.5 Å². The molecule has 16 heavy (non-hydrogen) atoms. The van der Waals surface area contributed by atoms with E-state index in [4.69, 9.17) is 5.73 Å². The number of hydrogen-bond donors (Lipinski definition) is 3. The topological polar surface area (TPSA) is 83.8 Å². The van der Waals surface area contributed by atoms with Crippen molar-refractivity contribution in [2.24, 2.45) is 5.73 Å². The number of nitrogens with two attached hydrogens (primary N) is 1. The van der Waals surface area contributed by atoms with E-state index in [1.165, 1.54) is 5.56 Å². The van der Waals surface area contributed by atoms with Crippen LogP contribution in [0.5, 0.6) is 0 Å². The molecule has 5 heteroatoms. The van der Waals surface area contributed by atoms with Crippen LogP contribution in [0.4, 0.5) is 0 Å². The number of nitrogens with zero attached hydrogens (tertiary/aromatic N) is 1. The second-order valence-corrected chi connectivity index (χ2v) is 3.87. The third kappa shape index (κ3) is 4.44. The van der Waals surface area contributed by atoms with E-state index in [9.17, 15) is 4.79 Å². The first kappa shape index (κ1) is 12.7. The van der Waals surface area contributed by atoms with E-state index < -0.39 is 0 Å². The fourth-order valence-electron chi connectivity index (χ4n) is 1.49. The lowest BCUT2D eigenvalue weighted by Crippen LogP contribution is -2.25. The molecule has 0 saturated carbocycles. The summed E-state index contributed by atoms with van der Waals surface area (Å²) >= 11 is 0. The Labute approximate surface area is 95.8 Å². The molecule has 1 amide bonds. The molecule has 0 unspecified atom stereocenters. The summed E-state index contributed by atoms with van der Waals surface area (Å²) in [5.41, 5.74) is 7.65. The molecule has 0 atom stereocenters. The van der Waals surface area contributed by atoms with Crippen molar-refractivity contribution in [2.45, 2.75) is 32.6 Å². The van der Waals surface area contributed by atoms with Crippen LogP contribution in [0, 0.1) is 6.92 Å². The summed E-state index contributed by atoms with van der Waals surface area (Å²) in [6, 6.07) is 0. The van der Waals surface area contributed by atoms with Gasteiger partial charge in [0, 0.05) is 18.7 Å². The van der Waals surface area contributed by atoms with Gasteiger partial charge in [-0.1, -0.05) is 0 Å². The monoisotopic (exact) mass is 224 g/mol. The van der Waals surface area contributed by atoms with Crippen LogP contribution in [0.2, 0.25) is 0 Å². The molecule has 0 saturated heterocycles. The quantitative estimate of drug-likeness (QED) is 0.590. The van der Waals surface area contributed by atoms with Crippen LogP contribution in [0.25, 0.3) is 0 Å². The lowest BCUT2D eigenvalue weighted by atomic mass is 10.1. The highest BCUT2D eigenvalue weighted by Gasteiger charge is 2.01. The minimum Gasteiger partial charge on any atom is -0.356 e. The summed E-state index contributed by atoms with van der Waals surface area (Å²) < 4.78 is 0. The van der Waals surface area contributed by atoms with E-state index >= 15 is 0 Å². The maximum atomic E-state index is 11.2. The molecule has 0 bridgehead atoms. The molecule has 0 aliphatic heterocycles. The van der Waals surface area contributed by atoms with Gasteiger partial charge < -0.3 is 11.1 Å². The summed E-state index contributed by atoms with van der Waals surface area (Å²) in [6.07, 6.45) is 5.01. The smallest absolute Gasteiger partial charge is 0.220 e. The zero-order valence-electron chi connectivity index (χ0n) is 9.75. The van der Waals surface area contributed by atoms with Crippen molar-refractivity contribution in [3.63, 3.8) is 0 Å². The summed E-state index contributed by atoms with van der Waals surface area (Å²) in [5.74, 6) is 0.0920. The Kier molecular flexibility index (Phi) is 5.56. The predicted molar refractivity (Wildman–Crippen MR) is 62.9 cm³/mol. The number of hydrogen-bond acceptors (Lipinski definition) is 3. The third-order valence-electron chi connectivity index (χ3n) is 2.49. The molecule has 1 aromatic rings. The SMILES string of the molecule is Cc1[nH]ncc1CCCNC(=O)CCCN. The van der Waals surface area contributed by atoms with Crippen LogP contribution >= 0.6 is 0 Å². The van der Waals surface area contributed by atoms with Gasteiger partial charge in [-0.15, -0.1) is 0 Å². The first-order chi connectivity index (χ1) is 7.74. The highest BCUT2D eigenvalue weighted by atomic mass is 16.1. The third-order valence-corrected chi connectivity index (χ3v) is 2.49. The second kappa shape index (κ2) is 7.00. The maximum absolute atomic E-state index is 11.2. The van der Waals surface area contributed by atoms with Gasteiger partial charge in [0.1, 0.15) is 0 Å². The van der Waals surface area contributed by atoms with Gasteiger partial charge in [0.25, 0.3) is 0 Å². The van der Waals surface area contributed by atoms with Crippen molar-refractivity contribution in [3.05, 3.63) is 17.5 Å². The molecule has 0 aromatic carbocycles. The standard InChI is InChI=1S/C11H20N4O/c1-9-10(8-14-15-9)4-3-7-13-11(16)5-2-6-12/h8H,2-7,12H2,1H3,(H,13,16)(H,14,15). The number of carbonyl (C=O) groups is 1. The number of aromatic nitrogens is 2. The van der Waals surface area contributed by atoms with Crippen LogP contribution < -0.4 is 11.1 Å². The van der Waals surface area contributed by atoms with E-state index in [-0.39, 0.29) is 5.91 Å². The van der Waals surface area contributed by atoms with Crippen LogP contribution in [0.1, 0.15) is 30.5 Å². The molecule has 90 valence electrons. The second-order valence-electron chi connectivity index (χ2n) is 3.87. The summed E-state index contributed by atoms with van der Waals surface area (Å²) in [7, 11) is 0. The Hall–Kier alpha value is -1.36. The number of rotatable bonds is 7. The van der Waals surface area contributed by atoms with Crippen LogP contribution in [0.3, 0.4) is 0 Å². The van der Waals surface area contributed by atoms with Crippen LogP contribution in [0.15, 0.2) is 6.20 Å². The van der Waals surface area contributed by atoms with Gasteiger partial charge >= 0.3 is 0 Å². The molecule has 4 N–H and O–H groups in total. The van der Waals surface area contributed by atoms with Crippen molar-refractivity contribution in [2.75, 3.05) is 13.1 Å². The molecule has 0 radical (unpaired) electrons. The molecular weight excluding hydrogens is 204 g/mol. The van der Waals surface area contributed by atoms with E-state index in [0.29, 0.717) is 19.5 Å². The number of nitrogens with one attached hydrogen (secondary N) is 2.